The zero-order valence-electron chi connectivity index (χ0n) is 12.8. The highest BCUT2D eigenvalue weighted by molar-refractivity contribution is 5.86. The number of rotatable bonds is 5. The van der Waals surface area contributed by atoms with Crippen molar-refractivity contribution in [3.8, 4) is 0 Å². The fraction of sp³-hybridized carbons (Fsp3) is 0. The molecule has 0 spiro atoms. The number of hydrogen-bond acceptors (Lipinski definition) is 4. The molecule has 0 saturated heterocycles. The lowest BCUT2D eigenvalue weighted by atomic mass is 10.2. The fourth-order valence-electron chi connectivity index (χ4n) is 2.30. The highest BCUT2D eigenvalue weighted by atomic mass is 16.6. The van der Waals surface area contributed by atoms with Crippen LogP contribution in [-0.4, -0.2) is 11.1 Å². The molecule has 3 aromatic carbocycles. The van der Waals surface area contributed by atoms with Gasteiger partial charge in [-0.1, -0.05) is 48.5 Å². The summed E-state index contributed by atoms with van der Waals surface area (Å²) >= 11 is 0. The minimum atomic E-state index is -0.406. The molecule has 0 atom stereocenters. The van der Waals surface area contributed by atoms with Crippen molar-refractivity contribution in [1.29, 1.82) is 0 Å². The van der Waals surface area contributed by atoms with E-state index in [1.807, 2.05) is 60.7 Å². The summed E-state index contributed by atoms with van der Waals surface area (Å²) in [5, 5.41) is 17.4. The number of nitrogens with zero attached hydrogens (tertiary/aromatic N) is 3. The zero-order valence-corrected chi connectivity index (χ0v) is 12.8. The third kappa shape index (κ3) is 3.47. The lowest BCUT2D eigenvalue weighted by molar-refractivity contribution is -0.385. The van der Waals surface area contributed by atoms with Crippen molar-refractivity contribution in [1.82, 2.24) is 0 Å². The molecule has 3 rings (SSSR count). The van der Waals surface area contributed by atoms with Gasteiger partial charge < -0.3 is 0 Å². The van der Waals surface area contributed by atoms with Gasteiger partial charge in [0.1, 0.15) is 0 Å². The second-order valence-corrected chi connectivity index (χ2v) is 5.04. The normalized spacial score (nSPS) is 10.7. The molecule has 0 fully saturated rings. The number of anilines is 2. The maximum absolute atomic E-state index is 11.1. The third-order valence-corrected chi connectivity index (χ3v) is 3.45. The maximum atomic E-state index is 11.1. The van der Waals surface area contributed by atoms with Crippen molar-refractivity contribution < 1.29 is 4.92 Å². The Kier molecular flexibility index (Phi) is 4.62. The Bertz CT molecular complexity index is 809. The monoisotopic (exact) mass is 317 g/mol. The molecule has 0 bridgehead atoms. The van der Waals surface area contributed by atoms with Gasteiger partial charge in [0.05, 0.1) is 28.1 Å². The molecule has 24 heavy (non-hydrogen) atoms. The first-order valence-electron chi connectivity index (χ1n) is 7.43. The SMILES string of the molecule is O=[N+]([O-])c1ccccc1/C=N/N(c1ccccc1)c1ccccc1. The Balaban J connectivity index is 2.01. The predicted octanol–water partition coefficient (Wildman–Crippen LogP) is 4.77. The summed E-state index contributed by atoms with van der Waals surface area (Å²) in [6.45, 7) is 0. The second-order valence-electron chi connectivity index (χ2n) is 5.04. The lowest BCUT2D eigenvalue weighted by Crippen LogP contribution is -2.09. The maximum Gasteiger partial charge on any atom is 0.278 e. The molecule has 0 saturated carbocycles. The summed E-state index contributed by atoms with van der Waals surface area (Å²) in [6.07, 6.45) is 1.51. The first-order chi connectivity index (χ1) is 11.8. The Morgan fingerprint density at radius 1 is 0.792 bits per heavy atom. The highest BCUT2D eigenvalue weighted by Crippen LogP contribution is 2.25. The van der Waals surface area contributed by atoms with Gasteiger partial charge in [-0.15, -0.1) is 0 Å². The molecule has 0 amide bonds. The third-order valence-electron chi connectivity index (χ3n) is 3.45. The quantitative estimate of drug-likeness (QED) is 0.387. The Labute approximate surface area is 139 Å². The first kappa shape index (κ1) is 15.4. The van der Waals surface area contributed by atoms with Crippen molar-refractivity contribution in [2.45, 2.75) is 0 Å². The highest BCUT2D eigenvalue weighted by Gasteiger charge is 2.12. The number of nitro groups is 1. The van der Waals surface area contributed by atoms with E-state index in [2.05, 4.69) is 5.10 Å². The minimum Gasteiger partial charge on any atom is -0.258 e. The van der Waals surface area contributed by atoms with Gasteiger partial charge >= 0.3 is 0 Å². The molecule has 0 radical (unpaired) electrons. The molecular formula is C19H15N3O2. The van der Waals surface area contributed by atoms with Gasteiger partial charge in [-0.2, -0.15) is 5.10 Å². The van der Waals surface area contributed by atoms with Crippen LogP contribution in [0, 0.1) is 10.1 Å². The first-order valence-corrected chi connectivity index (χ1v) is 7.43. The van der Waals surface area contributed by atoms with Crippen LogP contribution in [0.5, 0.6) is 0 Å². The smallest absolute Gasteiger partial charge is 0.258 e. The van der Waals surface area contributed by atoms with E-state index in [0.29, 0.717) is 5.56 Å². The van der Waals surface area contributed by atoms with Crippen LogP contribution in [0.4, 0.5) is 17.1 Å². The molecule has 0 aliphatic heterocycles. The van der Waals surface area contributed by atoms with E-state index in [0.717, 1.165) is 11.4 Å². The molecule has 0 aliphatic rings. The van der Waals surface area contributed by atoms with E-state index in [1.165, 1.54) is 12.3 Å². The van der Waals surface area contributed by atoms with Gasteiger partial charge in [-0.3, -0.25) is 10.1 Å². The van der Waals surface area contributed by atoms with Gasteiger partial charge in [0.2, 0.25) is 0 Å². The molecule has 3 aromatic rings. The van der Waals surface area contributed by atoms with Gasteiger partial charge in [0.15, 0.2) is 0 Å². The van der Waals surface area contributed by atoms with Crippen molar-refractivity contribution >= 4 is 23.3 Å². The second kappa shape index (κ2) is 7.19. The average Bonchev–Trinajstić information content (AvgIpc) is 2.64. The van der Waals surface area contributed by atoms with Gasteiger partial charge in [0, 0.05) is 6.07 Å². The van der Waals surface area contributed by atoms with Crippen LogP contribution in [0.25, 0.3) is 0 Å². The largest absolute Gasteiger partial charge is 0.278 e. The van der Waals surface area contributed by atoms with E-state index in [-0.39, 0.29) is 5.69 Å². The molecule has 0 aromatic heterocycles. The molecular weight excluding hydrogens is 302 g/mol. The summed E-state index contributed by atoms with van der Waals surface area (Å²) in [5.74, 6) is 0. The number of benzene rings is 3. The molecule has 0 aliphatic carbocycles. The van der Waals surface area contributed by atoms with Crippen molar-refractivity contribution in [3.63, 3.8) is 0 Å². The standard InChI is InChI=1S/C19H15N3O2/c23-22(24)19-14-8-7-9-16(19)15-20-21(17-10-3-1-4-11-17)18-12-5-2-6-13-18/h1-15H/b20-15+. The van der Waals surface area contributed by atoms with Crippen molar-refractivity contribution in [2.24, 2.45) is 5.10 Å². The summed E-state index contributed by atoms with van der Waals surface area (Å²) in [5.41, 5.74) is 2.23. The Morgan fingerprint density at radius 2 is 1.29 bits per heavy atom. The number of para-hydroxylation sites is 3. The zero-order chi connectivity index (χ0) is 16.8. The lowest BCUT2D eigenvalue weighted by Gasteiger charge is -2.19. The van der Waals surface area contributed by atoms with Crippen LogP contribution in [0.3, 0.4) is 0 Å². The average molecular weight is 317 g/mol. The van der Waals surface area contributed by atoms with Gasteiger partial charge in [-0.25, -0.2) is 5.01 Å². The fourth-order valence-corrected chi connectivity index (χ4v) is 2.30. The van der Waals surface area contributed by atoms with Crippen LogP contribution < -0.4 is 5.01 Å². The Morgan fingerprint density at radius 3 is 1.83 bits per heavy atom. The van der Waals surface area contributed by atoms with Crippen LogP contribution in [-0.2, 0) is 0 Å². The topological polar surface area (TPSA) is 58.7 Å². The molecule has 0 unspecified atom stereocenters. The number of hydrazone groups is 1. The summed E-state index contributed by atoms with van der Waals surface area (Å²) in [7, 11) is 0. The van der Waals surface area contributed by atoms with Crippen LogP contribution in [0.2, 0.25) is 0 Å². The van der Waals surface area contributed by atoms with Crippen molar-refractivity contribution in [3.05, 3.63) is 101 Å². The Hall–Kier alpha value is -3.47. The van der Waals surface area contributed by atoms with E-state index >= 15 is 0 Å². The van der Waals surface area contributed by atoms with Crippen LogP contribution >= 0.6 is 0 Å². The van der Waals surface area contributed by atoms with E-state index in [1.54, 1.807) is 23.2 Å². The molecule has 5 nitrogen and oxygen atoms in total. The van der Waals surface area contributed by atoms with E-state index < -0.39 is 4.92 Å². The molecule has 0 N–H and O–H groups in total. The van der Waals surface area contributed by atoms with E-state index in [9.17, 15) is 10.1 Å². The number of hydrogen-bond donors (Lipinski definition) is 0. The summed E-state index contributed by atoms with van der Waals surface area (Å²) in [6, 6.07) is 25.8. The van der Waals surface area contributed by atoms with Crippen molar-refractivity contribution in [2.75, 3.05) is 5.01 Å². The molecule has 118 valence electrons. The van der Waals surface area contributed by atoms with Gasteiger partial charge in [0.25, 0.3) is 5.69 Å². The summed E-state index contributed by atoms with van der Waals surface area (Å²) in [4.78, 5) is 10.7. The minimum absolute atomic E-state index is 0.0299. The molecule has 0 heterocycles. The van der Waals surface area contributed by atoms with Crippen LogP contribution in [0.1, 0.15) is 5.56 Å². The summed E-state index contributed by atoms with van der Waals surface area (Å²) < 4.78 is 0. The molecule has 5 heteroatoms. The predicted molar refractivity (Wildman–Crippen MR) is 95.7 cm³/mol. The van der Waals surface area contributed by atoms with E-state index in [4.69, 9.17) is 0 Å². The van der Waals surface area contributed by atoms with Gasteiger partial charge in [-0.05, 0) is 30.3 Å². The number of nitro benzene ring substituents is 1. The van der Waals surface area contributed by atoms with Crippen LogP contribution in [0.15, 0.2) is 90.0 Å².